The Kier molecular flexibility index (Phi) is 2.13. The summed E-state index contributed by atoms with van der Waals surface area (Å²) in [7, 11) is 0. The van der Waals surface area contributed by atoms with Gasteiger partial charge in [-0.15, -0.1) is 0 Å². The minimum atomic E-state index is 0.414. The molecular formula is C15H22O. The highest BCUT2D eigenvalue weighted by Gasteiger charge is 2.50. The van der Waals surface area contributed by atoms with Crippen LogP contribution in [0.1, 0.15) is 40.0 Å². The third kappa shape index (κ3) is 1.48. The van der Waals surface area contributed by atoms with Gasteiger partial charge in [0.15, 0.2) is 0 Å². The summed E-state index contributed by atoms with van der Waals surface area (Å²) in [4.78, 5) is 0. The number of fused-ring (bicyclic) bond motifs is 2. The average molecular weight is 218 g/mol. The standard InChI is InChI=1S/C15H22O/c1-9-5-6-12-11(8-15(12,3)4)10(2)7-13-14(9)16-13/h5,11-14H,2,6-8H2,1,3-4H3/b9-5-/t11-,12-,13?,14?/m1/s1. The number of allylic oxidation sites excluding steroid dienone is 1. The van der Waals surface area contributed by atoms with Crippen LogP contribution in [0.4, 0.5) is 0 Å². The average Bonchev–Trinajstić information content (AvgIpc) is 2.92. The smallest absolute Gasteiger partial charge is 0.105 e. The second-order valence-corrected chi connectivity index (χ2v) is 6.55. The lowest BCUT2D eigenvalue weighted by Crippen LogP contribution is -2.44. The lowest BCUT2D eigenvalue weighted by Gasteiger charge is -2.52. The van der Waals surface area contributed by atoms with Gasteiger partial charge in [0.2, 0.25) is 0 Å². The molecule has 2 aliphatic carbocycles. The van der Waals surface area contributed by atoms with Crippen LogP contribution in [0.2, 0.25) is 0 Å². The van der Waals surface area contributed by atoms with Crippen molar-refractivity contribution in [2.75, 3.05) is 0 Å². The van der Waals surface area contributed by atoms with Crippen molar-refractivity contribution in [1.29, 1.82) is 0 Å². The maximum atomic E-state index is 5.71. The highest BCUT2D eigenvalue weighted by Crippen LogP contribution is 2.57. The summed E-state index contributed by atoms with van der Waals surface area (Å²) >= 11 is 0. The molecule has 1 heteroatoms. The first-order valence-electron chi connectivity index (χ1n) is 6.49. The molecule has 1 aliphatic heterocycles. The number of hydrogen-bond acceptors (Lipinski definition) is 1. The molecule has 1 saturated carbocycles. The molecule has 0 radical (unpaired) electrons. The second-order valence-electron chi connectivity index (χ2n) is 6.55. The second kappa shape index (κ2) is 3.22. The van der Waals surface area contributed by atoms with Gasteiger partial charge in [-0.2, -0.15) is 0 Å². The van der Waals surface area contributed by atoms with Gasteiger partial charge in [0.25, 0.3) is 0 Å². The van der Waals surface area contributed by atoms with Gasteiger partial charge in [0.05, 0.1) is 6.10 Å². The third-order valence-electron chi connectivity index (χ3n) is 4.95. The van der Waals surface area contributed by atoms with E-state index in [1.165, 1.54) is 24.0 Å². The van der Waals surface area contributed by atoms with Gasteiger partial charge in [0.1, 0.15) is 6.10 Å². The van der Waals surface area contributed by atoms with Gasteiger partial charge in [-0.05, 0) is 49.0 Å². The Bertz CT molecular complexity index is 364. The van der Waals surface area contributed by atoms with Gasteiger partial charge in [-0.3, -0.25) is 0 Å². The molecule has 0 aromatic rings. The fraction of sp³-hybridized carbons (Fsp3) is 0.733. The van der Waals surface area contributed by atoms with Gasteiger partial charge in [-0.1, -0.05) is 32.1 Å². The fourth-order valence-electron chi connectivity index (χ4n) is 3.69. The minimum Gasteiger partial charge on any atom is -0.365 e. The van der Waals surface area contributed by atoms with Gasteiger partial charge in [0, 0.05) is 0 Å². The molecule has 2 fully saturated rings. The highest BCUT2D eigenvalue weighted by atomic mass is 16.6. The summed E-state index contributed by atoms with van der Waals surface area (Å²) in [6.45, 7) is 11.3. The Balaban J connectivity index is 1.84. The molecule has 3 aliphatic rings. The Hall–Kier alpha value is -0.560. The van der Waals surface area contributed by atoms with E-state index >= 15 is 0 Å². The number of hydrogen-bond donors (Lipinski definition) is 0. The van der Waals surface area contributed by atoms with Crippen molar-refractivity contribution >= 4 is 0 Å². The highest BCUT2D eigenvalue weighted by molar-refractivity contribution is 5.24. The van der Waals surface area contributed by atoms with Crippen molar-refractivity contribution < 1.29 is 4.74 Å². The number of epoxide rings is 1. The Labute approximate surface area is 98.6 Å². The third-order valence-corrected chi connectivity index (χ3v) is 4.95. The zero-order valence-electron chi connectivity index (χ0n) is 10.6. The van der Waals surface area contributed by atoms with Gasteiger partial charge in [-0.25, -0.2) is 0 Å². The van der Waals surface area contributed by atoms with Crippen molar-refractivity contribution in [3.8, 4) is 0 Å². The summed E-state index contributed by atoms with van der Waals surface area (Å²) in [6, 6.07) is 0. The first-order valence-corrected chi connectivity index (χ1v) is 6.49. The molecule has 16 heavy (non-hydrogen) atoms. The molecule has 1 nitrogen and oxygen atoms in total. The van der Waals surface area contributed by atoms with Crippen molar-refractivity contribution in [1.82, 2.24) is 0 Å². The van der Waals surface area contributed by atoms with E-state index < -0.39 is 0 Å². The molecule has 88 valence electrons. The van der Waals surface area contributed by atoms with Crippen LogP contribution in [0.3, 0.4) is 0 Å². The lowest BCUT2D eigenvalue weighted by atomic mass is 9.52. The zero-order chi connectivity index (χ0) is 11.5. The molecule has 0 amide bonds. The molecule has 4 atom stereocenters. The predicted molar refractivity (Wildman–Crippen MR) is 66.2 cm³/mol. The summed E-state index contributed by atoms with van der Waals surface area (Å²) < 4.78 is 5.71. The SMILES string of the molecule is C=C1CC2OC2/C(C)=C\C[C@@H]2[C@@H]1CC2(C)C. The van der Waals surface area contributed by atoms with E-state index in [2.05, 4.69) is 33.4 Å². The molecule has 0 aromatic carbocycles. The van der Waals surface area contributed by atoms with Gasteiger partial charge < -0.3 is 4.74 Å². The first kappa shape index (κ1) is 10.6. The van der Waals surface area contributed by atoms with E-state index in [0.717, 1.165) is 18.3 Å². The van der Waals surface area contributed by atoms with E-state index in [-0.39, 0.29) is 0 Å². The quantitative estimate of drug-likeness (QED) is 0.446. The molecule has 0 spiro atoms. The van der Waals surface area contributed by atoms with E-state index in [1.807, 2.05) is 0 Å². The van der Waals surface area contributed by atoms with Crippen molar-refractivity contribution in [2.45, 2.75) is 52.2 Å². The summed E-state index contributed by atoms with van der Waals surface area (Å²) in [5.74, 6) is 1.56. The lowest BCUT2D eigenvalue weighted by molar-refractivity contribution is 0.0112. The van der Waals surface area contributed by atoms with Crippen LogP contribution in [0.15, 0.2) is 23.8 Å². The van der Waals surface area contributed by atoms with Crippen LogP contribution in [-0.2, 0) is 4.74 Å². The van der Waals surface area contributed by atoms with Crippen molar-refractivity contribution in [3.05, 3.63) is 23.8 Å². The van der Waals surface area contributed by atoms with E-state index in [0.29, 0.717) is 17.6 Å². The first-order chi connectivity index (χ1) is 7.49. The van der Waals surface area contributed by atoms with Crippen LogP contribution in [-0.4, -0.2) is 12.2 Å². The van der Waals surface area contributed by atoms with Crippen LogP contribution in [0.25, 0.3) is 0 Å². The van der Waals surface area contributed by atoms with Crippen LogP contribution in [0.5, 0.6) is 0 Å². The van der Waals surface area contributed by atoms with Gasteiger partial charge >= 0.3 is 0 Å². The fourth-order valence-corrected chi connectivity index (χ4v) is 3.69. The van der Waals surface area contributed by atoms with Crippen LogP contribution >= 0.6 is 0 Å². The minimum absolute atomic E-state index is 0.414. The predicted octanol–water partition coefficient (Wildman–Crippen LogP) is 3.71. The summed E-state index contributed by atoms with van der Waals surface area (Å²) in [6.07, 6.45) is 6.91. The van der Waals surface area contributed by atoms with Crippen LogP contribution < -0.4 is 0 Å². The summed E-state index contributed by atoms with van der Waals surface area (Å²) in [5, 5.41) is 0. The Morgan fingerprint density at radius 3 is 2.88 bits per heavy atom. The largest absolute Gasteiger partial charge is 0.365 e. The van der Waals surface area contributed by atoms with E-state index in [9.17, 15) is 0 Å². The topological polar surface area (TPSA) is 12.5 Å². The Morgan fingerprint density at radius 2 is 2.19 bits per heavy atom. The monoisotopic (exact) mass is 218 g/mol. The van der Waals surface area contributed by atoms with Crippen molar-refractivity contribution in [2.24, 2.45) is 17.3 Å². The molecule has 3 rings (SSSR count). The zero-order valence-corrected chi connectivity index (χ0v) is 10.6. The molecule has 1 heterocycles. The maximum absolute atomic E-state index is 5.71. The number of ether oxygens (including phenoxy) is 1. The number of rotatable bonds is 0. The van der Waals surface area contributed by atoms with Crippen LogP contribution in [0, 0.1) is 17.3 Å². The molecule has 0 aromatic heterocycles. The normalized spacial score (nSPS) is 48.4. The maximum Gasteiger partial charge on any atom is 0.105 e. The molecule has 1 saturated heterocycles. The van der Waals surface area contributed by atoms with E-state index in [1.54, 1.807) is 0 Å². The molecule has 0 N–H and O–H groups in total. The van der Waals surface area contributed by atoms with E-state index in [4.69, 9.17) is 4.74 Å². The van der Waals surface area contributed by atoms with Crippen molar-refractivity contribution in [3.63, 3.8) is 0 Å². The molecule has 0 bridgehead atoms. The summed E-state index contributed by atoms with van der Waals surface area (Å²) in [5.41, 5.74) is 3.40. The molecular weight excluding hydrogens is 196 g/mol. The molecule has 2 unspecified atom stereocenters. The Morgan fingerprint density at radius 1 is 1.44 bits per heavy atom.